The molecule has 2 amide bonds. The van der Waals surface area contributed by atoms with Gasteiger partial charge < -0.3 is 14.5 Å². The summed E-state index contributed by atoms with van der Waals surface area (Å²) >= 11 is 0. The first-order valence-corrected chi connectivity index (χ1v) is 7.92. The average molecular weight is 302 g/mol. The van der Waals surface area contributed by atoms with Crippen LogP contribution in [0.3, 0.4) is 0 Å². The van der Waals surface area contributed by atoms with Crippen LogP contribution < -0.4 is 4.90 Å². The smallest absolute Gasteiger partial charge is 0.254 e. The van der Waals surface area contributed by atoms with E-state index in [1.54, 1.807) is 11.8 Å². The summed E-state index contributed by atoms with van der Waals surface area (Å²) in [7, 11) is 0. The van der Waals surface area contributed by atoms with Crippen LogP contribution in [0.4, 0.5) is 5.69 Å². The molecule has 1 saturated heterocycles. The highest BCUT2D eigenvalue weighted by Crippen LogP contribution is 2.29. The Morgan fingerprint density at radius 1 is 1.32 bits per heavy atom. The number of carbonyl (C=O) groups is 2. The van der Waals surface area contributed by atoms with E-state index < -0.39 is 0 Å². The monoisotopic (exact) mass is 302 g/mol. The zero-order valence-corrected chi connectivity index (χ0v) is 13.2. The van der Waals surface area contributed by atoms with E-state index in [1.807, 2.05) is 23.1 Å². The number of benzene rings is 1. The molecule has 2 aliphatic heterocycles. The highest BCUT2D eigenvalue weighted by molar-refractivity contribution is 5.97. The standard InChI is InChI=1S/C17H22N2O3/c1-3-15-11-18(8-9-22-15)17(21)14-4-5-16-13(10-14)6-7-19(16)12(2)20/h4-5,10,15H,3,6-9,11H2,1-2H3. The van der Waals surface area contributed by atoms with Crippen LogP contribution in [0.1, 0.15) is 36.2 Å². The number of rotatable bonds is 2. The van der Waals surface area contributed by atoms with Gasteiger partial charge in [-0.1, -0.05) is 6.92 Å². The number of morpholine rings is 1. The van der Waals surface area contributed by atoms with Crippen molar-refractivity contribution in [1.29, 1.82) is 0 Å². The minimum absolute atomic E-state index is 0.0526. The van der Waals surface area contributed by atoms with Crippen molar-refractivity contribution in [2.75, 3.05) is 31.1 Å². The highest BCUT2D eigenvalue weighted by Gasteiger charge is 2.27. The summed E-state index contributed by atoms with van der Waals surface area (Å²) in [6.45, 7) is 6.26. The number of amides is 2. The maximum absolute atomic E-state index is 12.7. The molecule has 1 unspecified atom stereocenters. The first-order valence-electron chi connectivity index (χ1n) is 7.92. The van der Waals surface area contributed by atoms with Crippen molar-refractivity contribution in [3.05, 3.63) is 29.3 Å². The van der Waals surface area contributed by atoms with E-state index in [-0.39, 0.29) is 17.9 Å². The minimum Gasteiger partial charge on any atom is -0.375 e. The third-order valence-corrected chi connectivity index (χ3v) is 4.48. The maximum Gasteiger partial charge on any atom is 0.254 e. The van der Waals surface area contributed by atoms with Crippen LogP contribution in [0.25, 0.3) is 0 Å². The van der Waals surface area contributed by atoms with E-state index in [0.29, 0.717) is 31.8 Å². The summed E-state index contributed by atoms with van der Waals surface area (Å²) in [5.74, 6) is 0.114. The second-order valence-corrected chi connectivity index (χ2v) is 5.92. The van der Waals surface area contributed by atoms with Crippen LogP contribution in [0.5, 0.6) is 0 Å². The third-order valence-electron chi connectivity index (χ3n) is 4.48. The quantitative estimate of drug-likeness (QED) is 0.837. The van der Waals surface area contributed by atoms with Crippen LogP contribution >= 0.6 is 0 Å². The molecule has 2 heterocycles. The topological polar surface area (TPSA) is 49.9 Å². The van der Waals surface area contributed by atoms with Gasteiger partial charge in [-0.15, -0.1) is 0 Å². The van der Waals surface area contributed by atoms with E-state index in [4.69, 9.17) is 4.74 Å². The molecule has 0 bridgehead atoms. The van der Waals surface area contributed by atoms with Gasteiger partial charge in [-0.05, 0) is 36.6 Å². The van der Waals surface area contributed by atoms with Crippen LogP contribution in [-0.4, -0.2) is 49.1 Å². The van der Waals surface area contributed by atoms with Crippen molar-refractivity contribution in [2.45, 2.75) is 32.8 Å². The SMILES string of the molecule is CCC1CN(C(=O)c2ccc3c(c2)CCN3C(C)=O)CCO1. The molecule has 0 aliphatic carbocycles. The van der Waals surface area contributed by atoms with Gasteiger partial charge >= 0.3 is 0 Å². The van der Waals surface area contributed by atoms with Crippen LogP contribution in [0.2, 0.25) is 0 Å². The fourth-order valence-electron chi connectivity index (χ4n) is 3.20. The van der Waals surface area contributed by atoms with E-state index in [2.05, 4.69) is 6.92 Å². The molecular formula is C17H22N2O3. The minimum atomic E-state index is 0.0526. The Balaban J connectivity index is 1.78. The van der Waals surface area contributed by atoms with Crippen molar-refractivity contribution in [2.24, 2.45) is 0 Å². The van der Waals surface area contributed by atoms with Gasteiger partial charge in [0, 0.05) is 37.8 Å². The van der Waals surface area contributed by atoms with Gasteiger partial charge in [0.15, 0.2) is 0 Å². The third kappa shape index (κ3) is 2.73. The van der Waals surface area contributed by atoms with Gasteiger partial charge in [-0.3, -0.25) is 9.59 Å². The van der Waals surface area contributed by atoms with E-state index in [0.717, 1.165) is 24.1 Å². The zero-order chi connectivity index (χ0) is 15.7. The lowest BCUT2D eigenvalue weighted by Crippen LogP contribution is -2.45. The summed E-state index contributed by atoms with van der Waals surface area (Å²) in [6.07, 6.45) is 1.87. The van der Waals surface area contributed by atoms with Gasteiger partial charge in [0.1, 0.15) is 0 Å². The molecule has 5 heteroatoms. The van der Waals surface area contributed by atoms with Crippen LogP contribution in [0, 0.1) is 0 Å². The molecule has 0 N–H and O–H groups in total. The molecule has 1 atom stereocenters. The first-order chi connectivity index (χ1) is 10.6. The predicted molar refractivity (Wildman–Crippen MR) is 84.1 cm³/mol. The van der Waals surface area contributed by atoms with E-state index in [9.17, 15) is 9.59 Å². The molecule has 1 aromatic rings. The summed E-state index contributed by atoms with van der Waals surface area (Å²) in [4.78, 5) is 27.9. The Kier molecular flexibility index (Phi) is 4.16. The molecule has 118 valence electrons. The highest BCUT2D eigenvalue weighted by atomic mass is 16.5. The van der Waals surface area contributed by atoms with Gasteiger partial charge in [0.25, 0.3) is 5.91 Å². The number of anilines is 1. The second kappa shape index (κ2) is 6.08. The van der Waals surface area contributed by atoms with Crippen molar-refractivity contribution in [3.8, 4) is 0 Å². The summed E-state index contributed by atoms with van der Waals surface area (Å²) in [5.41, 5.74) is 2.74. The molecule has 2 aliphatic rings. The fraction of sp³-hybridized carbons (Fsp3) is 0.529. The molecule has 0 radical (unpaired) electrons. The number of fused-ring (bicyclic) bond motifs is 1. The first kappa shape index (κ1) is 15.0. The zero-order valence-electron chi connectivity index (χ0n) is 13.2. The number of hydrogen-bond acceptors (Lipinski definition) is 3. The fourth-order valence-corrected chi connectivity index (χ4v) is 3.20. The Hall–Kier alpha value is -1.88. The van der Waals surface area contributed by atoms with Crippen LogP contribution in [0.15, 0.2) is 18.2 Å². The Morgan fingerprint density at radius 3 is 2.86 bits per heavy atom. The predicted octanol–water partition coefficient (Wildman–Crippen LogP) is 1.85. The van der Waals surface area contributed by atoms with Crippen molar-refractivity contribution >= 4 is 17.5 Å². The largest absolute Gasteiger partial charge is 0.375 e. The lowest BCUT2D eigenvalue weighted by molar-refractivity contribution is -0.116. The molecule has 3 rings (SSSR count). The Morgan fingerprint density at radius 2 is 2.14 bits per heavy atom. The molecule has 0 saturated carbocycles. The van der Waals surface area contributed by atoms with Gasteiger partial charge in [-0.25, -0.2) is 0 Å². The van der Waals surface area contributed by atoms with Gasteiger partial charge in [0.2, 0.25) is 5.91 Å². The van der Waals surface area contributed by atoms with Gasteiger partial charge in [0.05, 0.1) is 12.7 Å². The second-order valence-electron chi connectivity index (χ2n) is 5.92. The summed E-state index contributed by atoms with van der Waals surface area (Å²) in [6, 6.07) is 5.67. The Bertz CT molecular complexity index is 600. The molecular weight excluding hydrogens is 280 g/mol. The number of nitrogens with zero attached hydrogens (tertiary/aromatic N) is 2. The van der Waals surface area contributed by atoms with E-state index in [1.165, 1.54) is 0 Å². The lowest BCUT2D eigenvalue weighted by Gasteiger charge is -2.32. The summed E-state index contributed by atoms with van der Waals surface area (Å²) < 4.78 is 5.62. The summed E-state index contributed by atoms with van der Waals surface area (Å²) in [5, 5.41) is 0. The molecule has 1 aromatic carbocycles. The average Bonchev–Trinajstić information content (AvgIpc) is 2.97. The van der Waals surface area contributed by atoms with Crippen molar-refractivity contribution in [1.82, 2.24) is 4.90 Å². The maximum atomic E-state index is 12.7. The molecule has 0 spiro atoms. The van der Waals surface area contributed by atoms with Crippen molar-refractivity contribution < 1.29 is 14.3 Å². The number of ether oxygens (including phenoxy) is 1. The van der Waals surface area contributed by atoms with Crippen molar-refractivity contribution in [3.63, 3.8) is 0 Å². The van der Waals surface area contributed by atoms with Crippen LogP contribution in [-0.2, 0) is 16.0 Å². The number of hydrogen-bond donors (Lipinski definition) is 0. The lowest BCUT2D eigenvalue weighted by atomic mass is 10.1. The normalized spacial score (nSPS) is 20.9. The molecule has 1 fully saturated rings. The molecule has 22 heavy (non-hydrogen) atoms. The number of carbonyl (C=O) groups excluding carboxylic acids is 2. The van der Waals surface area contributed by atoms with Gasteiger partial charge in [-0.2, -0.15) is 0 Å². The van der Waals surface area contributed by atoms with E-state index >= 15 is 0 Å². The Labute approximate surface area is 130 Å². The molecule has 5 nitrogen and oxygen atoms in total. The molecule has 0 aromatic heterocycles.